The Labute approximate surface area is 281 Å². The highest BCUT2D eigenvalue weighted by Crippen LogP contribution is 2.21. The van der Waals surface area contributed by atoms with Crippen molar-refractivity contribution in [2.75, 3.05) is 14.2 Å². The second-order valence-electron chi connectivity index (χ2n) is 13.6. The molecule has 0 aliphatic heterocycles. The summed E-state index contributed by atoms with van der Waals surface area (Å²) in [5.74, 6) is -0.694. The van der Waals surface area contributed by atoms with E-state index in [0.717, 1.165) is 0 Å². The molecule has 17 heteroatoms. The predicted molar refractivity (Wildman–Crippen MR) is 206 cm³/mol. The van der Waals surface area contributed by atoms with Crippen LogP contribution in [0.4, 0.5) is 0 Å². The molecule has 0 spiro atoms. The van der Waals surface area contributed by atoms with E-state index in [4.69, 9.17) is 20.6 Å². The first-order valence-corrected chi connectivity index (χ1v) is 34.0. The zero-order chi connectivity index (χ0) is 35.0. The van der Waals surface area contributed by atoms with Gasteiger partial charge in [-0.25, -0.2) is 9.59 Å². The minimum absolute atomic E-state index is 0. The molecule has 0 aromatic heterocycles. The molecule has 0 saturated heterocycles. The molecule has 0 heterocycles. The van der Waals surface area contributed by atoms with E-state index in [1.807, 2.05) is 0 Å². The second-order valence-corrected chi connectivity index (χ2v) is 39.0. The molecule has 44 heavy (non-hydrogen) atoms. The highest BCUT2D eigenvalue weighted by Gasteiger charge is 2.42. The first-order chi connectivity index (χ1) is 18.3. The molecule has 1 N–H and O–H groups in total. The zero-order valence-corrected chi connectivity index (χ0v) is 37.7. The van der Waals surface area contributed by atoms with Crippen LogP contribution in [0, 0.1) is 0 Å². The number of hydrogen-bond acceptors (Lipinski definition) is 10. The number of carbonyl (C=O) groups is 2. The van der Waals surface area contributed by atoms with Gasteiger partial charge in [0.15, 0.2) is 33.3 Å². The van der Waals surface area contributed by atoms with Crippen LogP contribution >= 0.6 is 0 Å². The third-order valence-electron chi connectivity index (χ3n) is 3.45. The van der Waals surface area contributed by atoms with Crippen LogP contribution in [-0.4, -0.2) is 91.6 Å². The van der Waals surface area contributed by atoms with Gasteiger partial charge in [-0.15, -0.1) is 0 Å². The fraction of sp³-hybridized carbons (Fsp3) is 0.778. The smallest absolute Gasteiger partial charge is 0.466 e. The summed E-state index contributed by atoms with van der Waals surface area (Å²) in [7, 11) is -9.51. The molecular weight excluding hydrogens is 681 g/mol. The number of esters is 2. The largest absolute Gasteiger partial charge is 0.473 e. The van der Waals surface area contributed by atoms with Crippen molar-refractivity contribution < 1.29 is 44.4 Å². The molecule has 0 bridgehead atoms. The van der Waals surface area contributed by atoms with Gasteiger partial charge in [-0.1, -0.05) is 34.6 Å². The average molecular weight is 753 g/mol. The Hall–Kier alpha value is -0.302. The maximum absolute atomic E-state index is 10.2. The lowest BCUT2D eigenvalue weighted by Crippen LogP contribution is -2.55. The summed E-state index contributed by atoms with van der Waals surface area (Å²) in [5, 5.41) is 0. The van der Waals surface area contributed by atoms with E-state index in [1.165, 1.54) is 14.2 Å². The molecule has 0 radical (unpaired) electrons. The highest BCUT2D eigenvalue weighted by molar-refractivity contribution is 6.86. The summed E-state index contributed by atoms with van der Waals surface area (Å²) < 4.78 is 38.0. The predicted octanol–water partition coefficient (Wildman–Crippen LogP) is 7.40. The molecule has 0 saturated carbocycles. The summed E-state index contributed by atoms with van der Waals surface area (Å²) in [5.41, 5.74) is 0.866. The molecule has 0 amide bonds. The lowest BCUT2D eigenvalue weighted by Gasteiger charge is -2.37. The van der Waals surface area contributed by atoms with Gasteiger partial charge in [0, 0.05) is 24.2 Å². The number of methoxy groups -OCH3 is 2. The first kappa shape index (κ1) is 56.1. The van der Waals surface area contributed by atoms with Crippen LogP contribution in [0.25, 0.3) is 0 Å². The molecule has 0 aliphatic rings. The lowest BCUT2D eigenvalue weighted by atomic mass is 10.4. The monoisotopic (exact) mass is 752 g/mol. The first-order valence-electron chi connectivity index (χ1n) is 13.9. The molecule has 268 valence electrons. The van der Waals surface area contributed by atoms with Crippen molar-refractivity contribution in [3.63, 3.8) is 0 Å². The van der Waals surface area contributed by atoms with Gasteiger partial charge in [0.1, 0.15) is 9.76 Å². The summed E-state index contributed by atoms with van der Waals surface area (Å²) in [6.07, 6.45) is 0. The molecule has 0 aromatic carbocycles. The van der Waals surface area contributed by atoms with Crippen molar-refractivity contribution in [1.29, 1.82) is 0 Å². The fourth-order valence-electron chi connectivity index (χ4n) is 2.96. The minimum atomic E-state index is -2.85. The maximum Gasteiger partial charge on any atom is 0.473 e. The molecular formula is C27H72O10Si7. The van der Waals surface area contributed by atoms with Crippen molar-refractivity contribution in [1.82, 2.24) is 0 Å². The van der Waals surface area contributed by atoms with E-state index in [1.54, 1.807) is 20.4 Å². The normalized spacial score (nSPS) is 12.0. The second kappa shape index (κ2) is 23.9. The van der Waals surface area contributed by atoms with Gasteiger partial charge < -0.3 is 34.8 Å². The summed E-state index contributed by atoms with van der Waals surface area (Å²) in [4.78, 5) is 30.3. The van der Waals surface area contributed by atoms with Crippen molar-refractivity contribution in [3.8, 4) is 0 Å². The molecule has 0 aliphatic carbocycles. The Morgan fingerprint density at radius 1 is 0.568 bits per heavy atom. The summed E-state index contributed by atoms with van der Waals surface area (Å²) in [6, 6.07) is 0. The van der Waals surface area contributed by atoms with Crippen molar-refractivity contribution >= 4 is 72.6 Å². The van der Waals surface area contributed by atoms with E-state index in [0.29, 0.717) is 11.1 Å². The van der Waals surface area contributed by atoms with Crippen LogP contribution in [0.3, 0.4) is 0 Å². The Bertz CT molecular complexity index is 767. The fourth-order valence-corrected chi connectivity index (χ4v) is 25.7. The molecule has 0 fully saturated rings. The van der Waals surface area contributed by atoms with Gasteiger partial charge in [0.05, 0.1) is 14.2 Å². The van der Waals surface area contributed by atoms with E-state index < -0.39 is 60.6 Å². The van der Waals surface area contributed by atoms with Crippen molar-refractivity contribution in [2.24, 2.45) is 0 Å². The van der Waals surface area contributed by atoms with Crippen LogP contribution in [0.5, 0.6) is 0 Å². The van der Waals surface area contributed by atoms with Crippen LogP contribution in [0.1, 0.15) is 28.7 Å². The minimum Gasteiger partial charge on any atom is -0.466 e. The van der Waals surface area contributed by atoms with E-state index >= 15 is 0 Å². The SMILES string of the molecule is C.C.C=C(C)C(=O)OC.C=C(C)C(=O)OC.C[SiH2]O[Si](C)(O[Si](C)(C)C)O[Si](C)(C)C.C[Si](C)(C)O[Si](C)(O)O[Si](C)(C)C. The van der Waals surface area contributed by atoms with Crippen LogP contribution in [0.2, 0.25) is 98.2 Å². The average Bonchev–Trinajstić information content (AvgIpc) is 2.67. The zero-order valence-electron chi connectivity index (χ0n) is 30.2. The number of ether oxygens (including phenoxy) is 2. The van der Waals surface area contributed by atoms with E-state index in [-0.39, 0.29) is 26.8 Å². The number of hydrogen-bond donors (Lipinski definition) is 1. The van der Waals surface area contributed by atoms with Gasteiger partial charge >= 0.3 is 29.5 Å². The number of carbonyl (C=O) groups excluding carboxylic acids is 2. The summed E-state index contributed by atoms with van der Waals surface area (Å²) >= 11 is 0. The Morgan fingerprint density at radius 3 is 0.909 bits per heavy atom. The third-order valence-corrected chi connectivity index (χ3v) is 22.5. The van der Waals surface area contributed by atoms with Crippen LogP contribution < -0.4 is 0 Å². The molecule has 0 aromatic rings. The molecule has 0 rings (SSSR count). The van der Waals surface area contributed by atoms with E-state index in [9.17, 15) is 14.4 Å². The highest BCUT2D eigenvalue weighted by atomic mass is 28.5. The molecule has 10 nitrogen and oxygen atoms in total. The van der Waals surface area contributed by atoms with Gasteiger partial charge in [-0.3, -0.25) is 0 Å². The van der Waals surface area contributed by atoms with Gasteiger partial charge in [0.2, 0.25) is 0 Å². The molecule has 0 unspecified atom stereocenters. The quantitative estimate of drug-likeness (QED) is 0.123. The van der Waals surface area contributed by atoms with Crippen molar-refractivity contribution in [3.05, 3.63) is 24.3 Å². The van der Waals surface area contributed by atoms with Crippen LogP contribution in [0.15, 0.2) is 24.3 Å². The third kappa shape index (κ3) is 43.8. The standard InChI is InChI=1S/C8H26O3Si4.C7H22O3Si3.2C5H8O2.2CH4/c1-12-9-15(8,10-13(2,3)4)11-14(5,6)7;1-11(2,3)9-13(7,8)10-12(4,5)6;2*1-4(2)5(6)7-3;;/h12H2,1-8H3;8H,1-7H3;2*1H2,2-3H3;2*1H4. The Balaban J connectivity index is -0.000000113. The number of rotatable bonds is 12. The topological polar surface area (TPSA) is 119 Å². The lowest BCUT2D eigenvalue weighted by molar-refractivity contribution is -0.136. The van der Waals surface area contributed by atoms with Gasteiger partial charge in [-0.2, -0.15) is 0 Å². The maximum atomic E-state index is 10.2. The van der Waals surface area contributed by atoms with Crippen LogP contribution in [-0.2, 0) is 39.6 Å². The van der Waals surface area contributed by atoms with Crippen molar-refractivity contribution in [2.45, 2.75) is 127 Å². The Kier molecular flexibility index (Phi) is 30.5. The Morgan fingerprint density at radius 2 is 0.795 bits per heavy atom. The summed E-state index contributed by atoms with van der Waals surface area (Å²) in [6.45, 7) is 41.3. The van der Waals surface area contributed by atoms with Gasteiger partial charge in [0.25, 0.3) is 0 Å². The van der Waals surface area contributed by atoms with E-state index in [2.05, 4.69) is 114 Å². The molecule has 0 atom stereocenters. The van der Waals surface area contributed by atoms with Gasteiger partial charge in [-0.05, 0) is 92.4 Å².